The Labute approximate surface area is 99.4 Å². The van der Waals surface area contributed by atoms with E-state index in [9.17, 15) is 9.59 Å². The second kappa shape index (κ2) is 7.27. The lowest BCUT2D eigenvalue weighted by Crippen LogP contribution is -2.27. The number of para-hydroxylation sites is 1. The molecule has 0 aliphatic carbocycles. The fourth-order valence-corrected chi connectivity index (χ4v) is 1.21. The summed E-state index contributed by atoms with van der Waals surface area (Å²) < 4.78 is 5.40. The van der Waals surface area contributed by atoms with Crippen molar-refractivity contribution in [2.24, 2.45) is 0 Å². The first-order valence-corrected chi connectivity index (χ1v) is 5.35. The molecule has 92 valence electrons. The van der Waals surface area contributed by atoms with Gasteiger partial charge in [-0.1, -0.05) is 18.2 Å². The van der Waals surface area contributed by atoms with Crippen molar-refractivity contribution in [2.75, 3.05) is 13.2 Å². The van der Waals surface area contributed by atoms with Crippen LogP contribution in [0.25, 0.3) is 0 Å². The maximum atomic E-state index is 11.0. The van der Waals surface area contributed by atoms with Crippen LogP contribution in [0.3, 0.4) is 0 Å². The number of nitrogens with one attached hydrogen (secondary N) is 1. The molecule has 0 atom stereocenters. The van der Waals surface area contributed by atoms with Gasteiger partial charge in [0.1, 0.15) is 12.2 Å². The van der Waals surface area contributed by atoms with Crippen molar-refractivity contribution in [2.45, 2.75) is 12.8 Å². The van der Waals surface area contributed by atoms with Gasteiger partial charge in [-0.25, -0.2) is 0 Å². The van der Waals surface area contributed by atoms with Gasteiger partial charge in [-0.3, -0.25) is 9.59 Å². The Morgan fingerprint density at radius 3 is 2.59 bits per heavy atom. The highest BCUT2D eigenvalue weighted by Gasteiger charge is 2.05. The van der Waals surface area contributed by atoms with E-state index in [1.54, 1.807) is 0 Å². The van der Waals surface area contributed by atoms with E-state index >= 15 is 0 Å². The van der Waals surface area contributed by atoms with E-state index < -0.39 is 18.3 Å². The van der Waals surface area contributed by atoms with Crippen molar-refractivity contribution in [3.05, 3.63) is 30.3 Å². The summed E-state index contributed by atoms with van der Waals surface area (Å²) in [5.74, 6) is -0.815. The monoisotopic (exact) mass is 237 g/mol. The van der Waals surface area contributed by atoms with Crippen LogP contribution in [0.2, 0.25) is 0 Å². The van der Waals surface area contributed by atoms with Gasteiger partial charge < -0.3 is 15.2 Å². The Bertz CT molecular complexity index is 364. The summed E-state index contributed by atoms with van der Waals surface area (Å²) in [5.41, 5.74) is 0. The number of rotatable bonds is 7. The standard InChI is InChI=1S/C12H15NO4/c14-11(9-12(15)16)13-7-4-8-17-10-5-2-1-3-6-10/h1-3,5-6H,4,7-9H2,(H,13,14)(H,15,16). The quantitative estimate of drug-likeness (QED) is 0.549. The lowest BCUT2D eigenvalue weighted by atomic mass is 10.3. The van der Waals surface area contributed by atoms with Crippen molar-refractivity contribution in [1.29, 1.82) is 0 Å². The number of carboxylic acid groups (broad SMARTS) is 1. The summed E-state index contributed by atoms with van der Waals surface area (Å²) >= 11 is 0. The van der Waals surface area contributed by atoms with Gasteiger partial charge in [0, 0.05) is 6.54 Å². The average molecular weight is 237 g/mol. The fraction of sp³-hybridized carbons (Fsp3) is 0.333. The number of benzene rings is 1. The van der Waals surface area contributed by atoms with Gasteiger partial charge in [-0.15, -0.1) is 0 Å². The summed E-state index contributed by atoms with van der Waals surface area (Å²) in [6, 6.07) is 9.36. The summed E-state index contributed by atoms with van der Waals surface area (Å²) in [6.07, 6.45) is 0.153. The first-order valence-electron chi connectivity index (χ1n) is 5.35. The molecular formula is C12H15NO4. The molecule has 0 aromatic heterocycles. The van der Waals surface area contributed by atoms with Gasteiger partial charge in [0.05, 0.1) is 6.61 Å². The fourth-order valence-electron chi connectivity index (χ4n) is 1.21. The highest BCUT2D eigenvalue weighted by molar-refractivity contribution is 5.93. The molecule has 0 aliphatic heterocycles. The van der Waals surface area contributed by atoms with E-state index in [-0.39, 0.29) is 0 Å². The highest BCUT2D eigenvalue weighted by Crippen LogP contribution is 2.07. The Morgan fingerprint density at radius 2 is 1.94 bits per heavy atom. The molecule has 5 heteroatoms. The van der Waals surface area contributed by atoms with Crippen LogP contribution < -0.4 is 10.1 Å². The summed E-state index contributed by atoms with van der Waals surface area (Å²) in [7, 11) is 0. The molecule has 0 aliphatic rings. The van der Waals surface area contributed by atoms with Gasteiger partial charge in [0.2, 0.25) is 5.91 Å². The molecule has 0 radical (unpaired) electrons. The third-order valence-corrected chi connectivity index (χ3v) is 1.97. The molecule has 1 aromatic carbocycles. The van der Waals surface area contributed by atoms with Crippen LogP contribution in [0.15, 0.2) is 30.3 Å². The molecular weight excluding hydrogens is 222 g/mol. The predicted octanol–water partition coefficient (Wildman–Crippen LogP) is 1.05. The van der Waals surface area contributed by atoms with Crippen LogP contribution in [-0.4, -0.2) is 30.1 Å². The third-order valence-electron chi connectivity index (χ3n) is 1.97. The molecule has 0 unspecified atom stereocenters. The van der Waals surface area contributed by atoms with E-state index in [2.05, 4.69) is 5.32 Å². The van der Waals surface area contributed by atoms with E-state index in [1.165, 1.54) is 0 Å². The minimum Gasteiger partial charge on any atom is -0.494 e. The first-order chi connectivity index (χ1) is 8.18. The van der Waals surface area contributed by atoms with Crippen LogP contribution in [-0.2, 0) is 9.59 Å². The SMILES string of the molecule is O=C(O)CC(=O)NCCCOc1ccccc1. The van der Waals surface area contributed by atoms with Crippen molar-refractivity contribution >= 4 is 11.9 Å². The number of carbonyl (C=O) groups excluding carboxylic acids is 1. The third kappa shape index (κ3) is 6.19. The molecule has 0 fully saturated rings. The largest absolute Gasteiger partial charge is 0.494 e. The minimum atomic E-state index is -1.12. The van der Waals surface area contributed by atoms with Gasteiger partial charge in [-0.05, 0) is 18.6 Å². The minimum absolute atomic E-state index is 0.416. The molecule has 1 rings (SSSR count). The van der Waals surface area contributed by atoms with Gasteiger partial charge in [0.25, 0.3) is 0 Å². The number of aliphatic carboxylic acids is 1. The molecule has 1 aromatic rings. The van der Waals surface area contributed by atoms with Crippen molar-refractivity contribution in [3.8, 4) is 5.75 Å². The normalized spacial score (nSPS) is 9.65. The Kier molecular flexibility index (Phi) is 5.57. The van der Waals surface area contributed by atoms with Crippen molar-refractivity contribution < 1.29 is 19.4 Å². The first kappa shape index (κ1) is 13.0. The van der Waals surface area contributed by atoms with Crippen LogP contribution >= 0.6 is 0 Å². The number of ether oxygens (including phenoxy) is 1. The van der Waals surface area contributed by atoms with Crippen LogP contribution in [0, 0.1) is 0 Å². The second-order valence-corrected chi connectivity index (χ2v) is 3.44. The van der Waals surface area contributed by atoms with Crippen LogP contribution in [0.4, 0.5) is 0 Å². The van der Waals surface area contributed by atoms with Crippen LogP contribution in [0.1, 0.15) is 12.8 Å². The molecule has 0 spiro atoms. The lowest BCUT2D eigenvalue weighted by Gasteiger charge is -2.06. The predicted molar refractivity (Wildman–Crippen MR) is 61.8 cm³/mol. The summed E-state index contributed by atoms with van der Waals surface area (Å²) in [5, 5.41) is 10.9. The summed E-state index contributed by atoms with van der Waals surface area (Å²) in [6.45, 7) is 0.899. The van der Waals surface area contributed by atoms with Crippen molar-refractivity contribution in [3.63, 3.8) is 0 Å². The summed E-state index contributed by atoms with van der Waals surface area (Å²) in [4.78, 5) is 21.2. The number of carboxylic acids is 1. The smallest absolute Gasteiger partial charge is 0.312 e. The maximum Gasteiger partial charge on any atom is 0.312 e. The molecule has 17 heavy (non-hydrogen) atoms. The molecule has 1 amide bonds. The zero-order chi connectivity index (χ0) is 12.5. The molecule has 0 saturated heterocycles. The molecule has 0 bridgehead atoms. The second-order valence-electron chi connectivity index (χ2n) is 3.44. The zero-order valence-corrected chi connectivity index (χ0v) is 9.39. The molecule has 5 nitrogen and oxygen atoms in total. The number of hydrogen-bond donors (Lipinski definition) is 2. The molecule has 2 N–H and O–H groups in total. The van der Waals surface area contributed by atoms with E-state index in [0.29, 0.717) is 19.6 Å². The Balaban J connectivity index is 2.05. The number of carbonyl (C=O) groups is 2. The van der Waals surface area contributed by atoms with Crippen LogP contribution in [0.5, 0.6) is 5.75 Å². The number of amides is 1. The van der Waals surface area contributed by atoms with Gasteiger partial charge >= 0.3 is 5.97 Å². The van der Waals surface area contributed by atoms with Crippen molar-refractivity contribution in [1.82, 2.24) is 5.32 Å². The van der Waals surface area contributed by atoms with E-state index in [1.807, 2.05) is 30.3 Å². The topological polar surface area (TPSA) is 75.6 Å². The molecule has 0 saturated carbocycles. The van der Waals surface area contributed by atoms with E-state index in [0.717, 1.165) is 5.75 Å². The lowest BCUT2D eigenvalue weighted by molar-refractivity contribution is -0.140. The maximum absolute atomic E-state index is 11.0. The zero-order valence-electron chi connectivity index (χ0n) is 9.39. The van der Waals surface area contributed by atoms with Gasteiger partial charge in [0.15, 0.2) is 0 Å². The van der Waals surface area contributed by atoms with Gasteiger partial charge in [-0.2, -0.15) is 0 Å². The molecule has 0 heterocycles. The Hall–Kier alpha value is -2.04. The number of hydrogen-bond acceptors (Lipinski definition) is 3. The average Bonchev–Trinajstić information content (AvgIpc) is 2.29. The van der Waals surface area contributed by atoms with E-state index in [4.69, 9.17) is 9.84 Å². The highest BCUT2D eigenvalue weighted by atomic mass is 16.5. The Morgan fingerprint density at radius 1 is 1.24 bits per heavy atom.